The Morgan fingerprint density at radius 2 is 2.00 bits per heavy atom. The van der Waals surface area contributed by atoms with E-state index in [1.807, 2.05) is 6.08 Å². The van der Waals surface area contributed by atoms with Gasteiger partial charge in [-0.2, -0.15) is 0 Å². The Balaban J connectivity index is 3.97. The highest BCUT2D eigenvalue weighted by Gasteiger charge is 2.02. The third kappa shape index (κ3) is 5.14. The molecule has 1 heteroatoms. The molecular formula is C11H21N. The second-order valence-electron chi connectivity index (χ2n) is 3.69. The van der Waals surface area contributed by atoms with Crippen molar-refractivity contribution in [3.05, 3.63) is 24.3 Å². The summed E-state index contributed by atoms with van der Waals surface area (Å²) in [7, 11) is 4.21. The number of rotatable bonds is 5. The van der Waals surface area contributed by atoms with Gasteiger partial charge in [-0.3, -0.25) is 0 Å². The van der Waals surface area contributed by atoms with Crippen LogP contribution in [0.3, 0.4) is 0 Å². The first-order valence-electron chi connectivity index (χ1n) is 4.54. The molecule has 0 fully saturated rings. The fourth-order valence-electron chi connectivity index (χ4n) is 1.07. The average molecular weight is 167 g/mol. The van der Waals surface area contributed by atoms with E-state index in [0.717, 1.165) is 13.0 Å². The molecule has 0 rings (SSSR count). The van der Waals surface area contributed by atoms with Gasteiger partial charge in [-0.05, 0) is 26.4 Å². The van der Waals surface area contributed by atoms with Crippen molar-refractivity contribution in [3.63, 3.8) is 0 Å². The van der Waals surface area contributed by atoms with E-state index in [-0.39, 0.29) is 0 Å². The molecule has 0 saturated heterocycles. The molecule has 0 heterocycles. The van der Waals surface area contributed by atoms with E-state index in [1.54, 1.807) is 0 Å². The summed E-state index contributed by atoms with van der Waals surface area (Å²) in [5, 5.41) is 0. The Labute approximate surface area is 76.8 Å². The molecule has 0 atom stereocenters. The van der Waals surface area contributed by atoms with Gasteiger partial charge in [-0.1, -0.05) is 38.2 Å². The Kier molecular flexibility index (Phi) is 5.73. The maximum atomic E-state index is 3.72. The molecule has 0 aliphatic carbocycles. The van der Waals surface area contributed by atoms with Crippen molar-refractivity contribution in [1.82, 2.24) is 4.90 Å². The normalized spacial score (nSPS) is 12.7. The first-order valence-corrected chi connectivity index (χ1v) is 4.54. The van der Waals surface area contributed by atoms with Crippen molar-refractivity contribution in [3.8, 4) is 0 Å². The van der Waals surface area contributed by atoms with Crippen molar-refractivity contribution < 1.29 is 0 Å². The Bertz CT molecular complexity index is 154. The monoisotopic (exact) mass is 167 g/mol. The van der Waals surface area contributed by atoms with Crippen molar-refractivity contribution in [2.45, 2.75) is 20.3 Å². The lowest BCUT2D eigenvalue weighted by Crippen LogP contribution is -2.14. The van der Waals surface area contributed by atoms with Crippen molar-refractivity contribution in [1.29, 1.82) is 0 Å². The van der Waals surface area contributed by atoms with Gasteiger partial charge in [0.2, 0.25) is 0 Å². The summed E-state index contributed by atoms with van der Waals surface area (Å²) in [4.78, 5) is 2.21. The van der Waals surface area contributed by atoms with Gasteiger partial charge >= 0.3 is 0 Å². The zero-order chi connectivity index (χ0) is 9.56. The molecule has 0 aromatic carbocycles. The molecule has 70 valence electrons. The lowest BCUT2D eigenvalue weighted by molar-refractivity contribution is 0.407. The Morgan fingerprint density at radius 1 is 1.42 bits per heavy atom. The highest BCUT2D eigenvalue weighted by atomic mass is 15.0. The van der Waals surface area contributed by atoms with E-state index in [9.17, 15) is 0 Å². The molecule has 0 saturated carbocycles. The van der Waals surface area contributed by atoms with Crippen LogP contribution in [0.25, 0.3) is 0 Å². The molecule has 0 amide bonds. The fourth-order valence-corrected chi connectivity index (χ4v) is 1.07. The molecule has 0 N–H and O–H groups in total. The number of hydrogen-bond donors (Lipinski definition) is 0. The van der Waals surface area contributed by atoms with E-state index in [0.29, 0.717) is 5.92 Å². The van der Waals surface area contributed by atoms with Crippen molar-refractivity contribution >= 4 is 0 Å². The summed E-state index contributed by atoms with van der Waals surface area (Å²) >= 11 is 0. The highest BCUT2D eigenvalue weighted by Crippen LogP contribution is 2.13. The van der Waals surface area contributed by atoms with Crippen molar-refractivity contribution in [2.24, 2.45) is 5.92 Å². The quantitative estimate of drug-likeness (QED) is 0.569. The second-order valence-corrected chi connectivity index (χ2v) is 3.69. The number of hydrogen-bond acceptors (Lipinski definition) is 1. The summed E-state index contributed by atoms with van der Waals surface area (Å²) < 4.78 is 0. The molecule has 0 aromatic rings. The van der Waals surface area contributed by atoms with Crippen LogP contribution in [0.4, 0.5) is 0 Å². The third-order valence-electron chi connectivity index (χ3n) is 1.92. The van der Waals surface area contributed by atoms with Crippen LogP contribution in [0.5, 0.6) is 0 Å². The molecule has 0 aromatic heterocycles. The largest absolute Gasteiger partial charge is 0.309 e. The van der Waals surface area contributed by atoms with Gasteiger partial charge in [0.25, 0.3) is 0 Å². The molecule has 0 aliphatic rings. The lowest BCUT2D eigenvalue weighted by atomic mass is 9.99. The van der Waals surface area contributed by atoms with Gasteiger partial charge in [0.05, 0.1) is 0 Å². The maximum Gasteiger partial charge on any atom is 0.00127 e. The first-order chi connectivity index (χ1) is 5.57. The van der Waals surface area contributed by atoms with E-state index in [2.05, 4.69) is 45.5 Å². The first kappa shape index (κ1) is 11.4. The lowest BCUT2D eigenvalue weighted by Gasteiger charge is -2.14. The minimum Gasteiger partial charge on any atom is -0.309 e. The van der Waals surface area contributed by atoms with Crippen LogP contribution in [0.1, 0.15) is 20.3 Å². The Morgan fingerprint density at radius 3 is 2.33 bits per heavy atom. The summed E-state index contributed by atoms with van der Waals surface area (Å²) in [6.45, 7) is 9.30. The minimum absolute atomic E-state index is 0.642. The summed E-state index contributed by atoms with van der Waals surface area (Å²) in [5.41, 5.74) is 1.48. The molecule has 12 heavy (non-hydrogen) atoms. The van der Waals surface area contributed by atoms with Crippen LogP contribution >= 0.6 is 0 Å². The molecular weight excluding hydrogens is 146 g/mol. The summed E-state index contributed by atoms with van der Waals surface area (Å²) in [6.07, 6.45) is 5.16. The van der Waals surface area contributed by atoms with E-state index >= 15 is 0 Å². The predicted molar refractivity (Wildman–Crippen MR) is 56.3 cm³/mol. The molecule has 0 spiro atoms. The fraction of sp³-hybridized carbons (Fsp3) is 0.636. The van der Waals surface area contributed by atoms with E-state index in [4.69, 9.17) is 0 Å². The van der Waals surface area contributed by atoms with Gasteiger partial charge in [0.1, 0.15) is 0 Å². The van der Waals surface area contributed by atoms with Crippen molar-refractivity contribution in [2.75, 3.05) is 20.6 Å². The molecule has 0 unspecified atom stereocenters. The molecule has 0 aliphatic heterocycles. The standard InChI is InChI=1S/C11H21N/c1-6-7-11(10(2)3)8-9-12(4)5/h6-7,10H,1,8-9H2,2-5H3/b11-7+. The van der Waals surface area contributed by atoms with Crippen LogP contribution in [-0.4, -0.2) is 25.5 Å². The van der Waals surface area contributed by atoms with Crippen LogP contribution in [-0.2, 0) is 0 Å². The van der Waals surface area contributed by atoms with E-state index in [1.165, 1.54) is 5.57 Å². The summed E-state index contributed by atoms with van der Waals surface area (Å²) in [5.74, 6) is 0.642. The van der Waals surface area contributed by atoms with Gasteiger partial charge in [0.15, 0.2) is 0 Å². The van der Waals surface area contributed by atoms with E-state index < -0.39 is 0 Å². The summed E-state index contributed by atoms with van der Waals surface area (Å²) in [6, 6.07) is 0. The Hall–Kier alpha value is -0.560. The smallest absolute Gasteiger partial charge is 0.00127 e. The zero-order valence-electron chi connectivity index (χ0n) is 8.80. The second kappa shape index (κ2) is 6.01. The van der Waals surface area contributed by atoms with Gasteiger partial charge in [-0.25, -0.2) is 0 Å². The highest BCUT2D eigenvalue weighted by molar-refractivity contribution is 5.12. The number of nitrogens with zero attached hydrogens (tertiary/aromatic N) is 1. The third-order valence-corrected chi connectivity index (χ3v) is 1.92. The van der Waals surface area contributed by atoms with Gasteiger partial charge in [0, 0.05) is 6.54 Å². The van der Waals surface area contributed by atoms with Gasteiger partial charge < -0.3 is 4.90 Å². The molecule has 0 radical (unpaired) electrons. The average Bonchev–Trinajstić information content (AvgIpc) is 1.96. The molecule has 0 bridgehead atoms. The zero-order valence-corrected chi connectivity index (χ0v) is 8.80. The van der Waals surface area contributed by atoms with Crippen LogP contribution < -0.4 is 0 Å². The number of allylic oxidation sites excluding steroid dienone is 2. The minimum atomic E-state index is 0.642. The van der Waals surface area contributed by atoms with Crippen LogP contribution in [0.15, 0.2) is 24.3 Å². The van der Waals surface area contributed by atoms with Gasteiger partial charge in [-0.15, -0.1) is 0 Å². The molecule has 1 nitrogen and oxygen atoms in total. The predicted octanol–water partition coefficient (Wildman–Crippen LogP) is 2.71. The maximum absolute atomic E-state index is 3.72. The topological polar surface area (TPSA) is 3.24 Å². The van der Waals surface area contributed by atoms with Crippen LogP contribution in [0, 0.1) is 5.92 Å². The SMILES string of the molecule is C=C/C=C(\CCN(C)C)C(C)C. The van der Waals surface area contributed by atoms with Crippen LogP contribution in [0.2, 0.25) is 0 Å².